The smallest absolute Gasteiger partial charge is 0.303 e. The summed E-state index contributed by atoms with van der Waals surface area (Å²) in [5.41, 5.74) is 1.56. The maximum atomic E-state index is 12.5. The third-order valence-electron chi connectivity index (χ3n) is 3.77. The summed E-state index contributed by atoms with van der Waals surface area (Å²) in [5.74, 6) is -0.459. The summed E-state index contributed by atoms with van der Waals surface area (Å²) in [4.78, 5) is 23.4. The SMILES string of the molecule is CCOc1cccc(C(=O)NC(CCC(=O)O)Cc2ccccc2)c1. The molecule has 5 nitrogen and oxygen atoms in total. The molecule has 1 unspecified atom stereocenters. The van der Waals surface area contributed by atoms with Gasteiger partial charge in [0.2, 0.25) is 0 Å². The molecular formula is C20H23NO4. The van der Waals surface area contributed by atoms with E-state index in [0.29, 0.717) is 30.8 Å². The minimum atomic E-state index is -0.870. The fourth-order valence-corrected chi connectivity index (χ4v) is 2.58. The van der Waals surface area contributed by atoms with Crippen LogP contribution in [0.25, 0.3) is 0 Å². The number of rotatable bonds is 9. The van der Waals surface area contributed by atoms with Crippen molar-refractivity contribution in [3.8, 4) is 5.75 Å². The molecule has 0 spiro atoms. The second kappa shape index (κ2) is 9.47. The number of carboxylic acid groups (broad SMARTS) is 1. The minimum absolute atomic E-state index is 0.0107. The third-order valence-corrected chi connectivity index (χ3v) is 3.77. The molecule has 0 bridgehead atoms. The van der Waals surface area contributed by atoms with Crippen molar-refractivity contribution in [1.29, 1.82) is 0 Å². The number of hydrogen-bond donors (Lipinski definition) is 2. The summed E-state index contributed by atoms with van der Waals surface area (Å²) < 4.78 is 5.42. The molecule has 0 saturated carbocycles. The molecule has 0 aliphatic rings. The Morgan fingerprint density at radius 1 is 1.12 bits per heavy atom. The van der Waals surface area contributed by atoms with Gasteiger partial charge in [0.1, 0.15) is 5.75 Å². The topological polar surface area (TPSA) is 75.6 Å². The zero-order chi connectivity index (χ0) is 18.1. The highest BCUT2D eigenvalue weighted by molar-refractivity contribution is 5.94. The van der Waals surface area contributed by atoms with Crippen LogP contribution in [0.4, 0.5) is 0 Å². The lowest BCUT2D eigenvalue weighted by Gasteiger charge is -2.18. The molecule has 2 rings (SSSR count). The van der Waals surface area contributed by atoms with Crippen molar-refractivity contribution < 1.29 is 19.4 Å². The monoisotopic (exact) mass is 341 g/mol. The van der Waals surface area contributed by atoms with Crippen LogP contribution in [0.5, 0.6) is 5.75 Å². The van der Waals surface area contributed by atoms with Gasteiger partial charge in [-0.2, -0.15) is 0 Å². The predicted molar refractivity (Wildman–Crippen MR) is 95.9 cm³/mol. The van der Waals surface area contributed by atoms with E-state index in [4.69, 9.17) is 9.84 Å². The first-order chi connectivity index (χ1) is 12.1. The highest BCUT2D eigenvalue weighted by atomic mass is 16.5. The van der Waals surface area contributed by atoms with E-state index in [0.717, 1.165) is 5.56 Å². The van der Waals surface area contributed by atoms with E-state index in [-0.39, 0.29) is 18.4 Å². The van der Waals surface area contributed by atoms with Crippen LogP contribution in [0.15, 0.2) is 54.6 Å². The molecule has 0 heterocycles. The maximum absolute atomic E-state index is 12.5. The van der Waals surface area contributed by atoms with Gasteiger partial charge in [0.05, 0.1) is 6.61 Å². The number of carbonyl (C=O) groups is 2. The molecule has 1 amide bonds. The third kappa shape index (κ3) is 6.30. The molecule has 132 valence electrons. The lowest BCUT2D eigenvalue weighted by Crippen LogP contribution is -2.36. The second-order valence-electron chi connectivity index (χ2n) is 5.75. The van der Waals surface area contributed by atoms with E-state index in [1.54, 1.807) is 24.3 Å². The van der Waals surface area contributed by atoms with E-state index in [1.165, 1.54) is 0 Å². The van der Waals surface area contributed by atoms with Crippen molar-refractivity contribution in [2.45, 2.75) is 32.2 Å². The zero-order valence-electron chi connectivity index (χ0n) is 14.3. The number of nitrogens with one attached hydrogen (secondary N) is 1. The molecule has 0 saturated heterocycles. The number of carbonyl (C=O) groups excluding carboxylic acids is 1. The number of hydrogen-bond acceptors (Lipinski definition) is 3. The van der Waals surface area contributed by atoms with Gasteiger partial charge in [-0.15, -0.1) is 0 Å². The van der Waals surface area contributed by atoms with Crippen molar-refractivity contribution in [1.82, 2.24) is 5.32 Å². The molecule has 5 heteroatoms. The van der Waals surface area contributed by atoms with Crippen LogP contribution >= 0.6 is 0 Å². The molecule has 1 atom stereocenters. The number of ether oxygens (including phenoxy) is 1. The van der Waals surface area contributed by atoms with Crippen LogP contribution in [0.2, 0.25) is 0 Å². The van der Waals surface area contributed by atoms with Crippen LogP contribution in [0.3, 0.4) is 0 Å². The van der Waals surface area contributed by atoms with E-state index in [2.05, 4.69) is 5.32 Å². The van der Waals surface area contributed by atoms with Gasteiger partial charge >= 0.3 is 5.97 Å². The van der Waals surface area contributed by atoms with E-state index >= 15 is 0 Å². The van der Waals surface area contributed by atoms with Crippen molar-refractivity contribution in [3.05, 3.63) is 65.7 Å². The van der Waals surface area contributed by atoms with Crippen molar-refractivity contribution in [3.63, 3.8) is 0 Å². The van der Waals surface area contributed by atoms with Crippen molar-refractivity contribution in [2.75, 3.05) is 6.61 Å². The van der Waals surface area contributed by atoms with Gasteiger partial charge in [-0.25, -0.2) is 0 Å². The molecule has 0 aliphatic carbocycles. The highest BCUT2D eigenvalue weighted by Crippen LogP contribution is 2.14. The average molecular weight is 341 g/mol. The van der Waals surface area contributed by atoms with Gasteiger partial charge in [-0.3, -0.25) is 9.59 Å². The van der Waals surface area contributed by atoms with Crippen LogP contribution in [0.1, 0.15) is 35.7 Å². The van der Waals surface area contributed by atoms with Crippen LogP contribution in [0, 0.1) is 0 Å². The molecule has 0 aromatic heterocycles. The minimum Gasteiger partial charge on any atom is -0.494 e. The largest absolute Gasteiger partial charge is 0.494 e. The summed E-state index contributed by atoms with van der Waals surface area (Å²) in [6.45, 7) is 2.41. The molecule has 0 aliphatic heterocycles. The van der Waals surface area contributed by atoms with E-state index in [1.807, 2.05) is 37.3 Å². The standard InChI is InChI=1S/C20H23NO4/c1-2-25-18-10-6-9-16(14-18)20(24)21-17(11-12-19(22)23)13-15-7-4-3-5-8-15/h3-10,14,17H,2,11-13H2,1H3,(H,21,24)(H,22,23). The summed E-state index contributed by atoms with van der Waals surface area (Å²) in [6.07, 6.45) is 0.975. The normalized spacial score (nSPS) is 11.6. The Bertz CT molecular complexity index is 700. The summed E-state index contributed by atoms with van der Waals surface area (Å²) in [7, 11) is 0. The molecule has 0 fully saturated rings. The quantitative estimate of drug-likeness (QED) is 0.734. The fraction of sp³-hybridized carbons (Fsp3) is 0.300. The van der Waals surface area contributed by atoms with Gasteiger partial charge in [0.15, 0.2) is 0 Å². The Hall–Kier alpha value is -2.82. The Labute approximate surface area is 147 Å². The van der Waals surface area contributed by atoms with E-state index in [9.17, 15) is 9.59 Å². The Balaban J connectivity index is 2.07. The molecule has 2 aromatic rings. The number of aliphatic carboxylic acids is 1. The Morgan fingerprint density at radius 2 is 1.88 bits per heavy atom. The lowest BCUT2D eigenvalue weighted by atomic mass is 10.0. The van der Waals surface area contributed by atoms with Gasteiger partial charge in [0.25, 0.3) is 5.91 Å². The summed E-state index contributed by atoms with van der Waals surface area (Å²) in [6, 6.07) is 16.4. The first-order valence-corrected chi connectivity index (χ1v) is 8.38. The molecule has 25 heavy (non-hydrogen) atoms. The van der Waals surface area contributed by atoms with Crippen LogP contribution < -0.4 is 10.1 Å². The van der Waals surface area contributed by atoms with Crippen LogP contribution in [-0.4, -0.2) is 29.6 Å². The average Bonchev–Trinajstić information content (AvgIpc) is 2.61. The van der Waals surface area contributed by atoms with Gasteiger partial charge < -0.3 is 15.2 Å². The van der Waals surface area contributed by atoms with Gasteiger partial charge in [-0.1, -0.05) is 36.4 Å². The summed E-state index contributed by atoms with van der Waals surface area (Å²) >= 11 is 0. The summed E-state index contributed by atoms with van der Waals surface area (Å²) in [5, 5.41) is 11.9. The lowest BCUT2D eigenvalue weighted by molar-refractivity contribution is -0.137. The van der Waals surface area contributed by atoms with Gasteiger partial charge in [0, 0.05) is 18.0 Å². The van der Waals surface area contributed by atoms with Crippen LogP contribution in [-0.2, 0) is 11.2 Å². The number of benzene rings is 2. The number of carboxylic acids is 1. The molecule has 2 aromatic carbocycles. The van der Waals surface area contributed by atoms with Gasteiger partial charge in [-0.05, 0) is 43.5 Å². The molecule has 2 N–H and O–H groups in total. The van der Waals surface area contributed by atoms with Crippen molar-refractivity contribution >= 4 is 11.9 Å². The first kappa shape index (κ1) is 18.5. The maximum Gasteiger partial charge on any atom is 0.303 e. The van der Waals surface area contributed by atoms with Crippen molar-refractivity contribution in [2.24, 2.45) is 0 Å². The number of amides is 1. The molecule has 0 radical (unpaired) electrons. The zero-order valence-corrected chi connectivity index (χ0v) is 14.3. The Morgan fingerprint density at radius 3 is 2.56 bits per heavy atom. The first-order valence-electron chi connectivity index (χ1n) is 8.38. The second-order valence-corrected chi connectivity index (χ2v) is 5.75. The van der Waals surface area contributed by atoms with E-state index < -0.39 is 5.97 Å². The Kier molecular flexibility index (Phi) is 7.01. The predicted octanol–water partition coefficient (Wildman–Crippen LogP) is 3.29. The molecular weight excluding hydrogens is 318 g/mol. The fourth-order valence-electron chi connectivity index (χ4n) is 2.58. The highest BCUT2D eigenvalue weighted by Gasteiger charge is 2.16.